The van der Waals surface area contributed by atoms with Crippen molar-refractivity contribution in [3.05, 3.63) is 74.4 Å². The van der Waals surface area contributed by atoms with Crippen molar-refractivity contribution in [2.45, 2.75) is 20.0 Å². The van der Waals surface area contributed by atoms with Crippen molar-refractivity contribution in [1.29, 1.82) is 0 Å². The van der Waals surface area contributed by atoms with Crippen LogP contribution in [0.1, 0.15) is 6.92 Å². The molecule has 0 saturated carbocycles. The molecule has 0 aliphatic heterocycles. The summed E-state index contributed by atoms with van der Waals surface area (Å²) in [6, 6.07) is 13.6. The number of aromatic nitrogens is 2. The molecule has 0 radical (unpaired) electrons. The fourth-order valence-corrected chi connectivity index (χ4v) is 2.88. The van der Waals surface area contributed by atoms with Crippen LogP contribution in [0, 0.1) is 0 Å². The monoisotopic (exact) mass is 357 g/mol. The van der Waals surface area contributed by atoms with E-state index in [9.17, 15) is 14.4 Å². The van der Waals surface area contributed by atoms with Crippen LogP contribution in [0.2, 0.25) is 5.02 Å². The van der Waals surface area contributed by atoms with Crippen LogP contribution in [0.5, 0.6) is 0 Å². The van der Waals surface area contributed by atoms with Crippen molar-refractivity contribution in [2.24, 2.45) is 0 Å². The van der Waals surface area contributed by atoms with E-state index in [4.69, 9.17) is 11.6 Å². The molecule has 25 heavy (non-hydrogen) atoms. The molecule has 2 aromatic carbocycles. The zero-order chi connectivity index (χ0) is 18.0. The minimum atomic E-state index is -0.513. The third kappa shape index (κ3) is 3.21. The van der Waals surface area contributed by atoms with Gasteiger partial charge in [0.25, 0.3) is 5.56 Å². The van der Waals surface area contributed by atoms with Crippen LogP contribution in [-0.4, -0.2) is 15.0 Å². The lowest BCUT2D eigenvalue weighted by Crippen LogP contribution is -2.41. The van der Waals surface area contributed by atoms with Gasteiger partial charge in [0.05, 0.1) is 21.6 Å². The van der Waals surface area contributed by atoms with E-state index in [-0.39, 0.29) is 18.6 Å². The normalized spacial score (nSPS) is 10.8. The number of anilines is 1. The first-order valence-electron chi connectivity index (χ1n) is 7.79. The highest BCUT2D eigenvalue weighted by Crippen LogP contribution is 2.20. The van der Waals surface area contributed by atoms with Crippen LogP contribution in [0.25, 0.3) is 10.9 Å². The average molecular weight is 358 g/mol. The van der Waals surface area contributed by atoms with Crippen LogP contribution in [0.4, 0.5) is 5.69 Å². The molecule has 1 N–H and O–H groups in total. The van der Waals surface area contributed by atoms with Crippen molar-refractivity contribution in [2.75, 3.05) is 5.32 Å². The SMILES string of the molecule is CCn1c(=O)c2ccccc2n(CC(=O)Nc2ccccc2Cl)c1=O. The van der Waals surface area contributed by atoms with E-state index >= 15 is 0 Å². The molecule has 0 aliphatic carbocycles. The van der Waals surface area contributed by atoms with Gasteiger partial charge >= 0.3 is 5.69 Å². The highest BCUT2D eigenvalue weighted by Gasteiger charge is 2.14. The number of fused-ring (bicyclic) bond motifs is 1. The summed E-state index contributed by atoms with van der Waals surface area (Å²) in [6.45, 7) is 1.73. The Bertz CT molecular complexity index is 1070. The van der Waals surface area contributed by atoms with Crippen molar-refractivity contribution in [3.8, 4) is 0 Å². The number of rotatable bonds is 4. The van der Waals surface area contributed by atoms with Gasteiger partial charge in [0.15, 0.2) is 0 Å². The van der Waals surface area contributed by atoms with Crippen molar-refractivity contribution >= 4 is 34.1 Å². The van der Waals surface area contributed by atoms with Gasteiger partial charge in [0.1, 0.15) is 6.54 Å². The van der Waals surface area contributed by atoms with E-state index in [2.05, 4.69) is 5.32 Å². The second-order valence-electron chi connectivity index (χ2n) is 5.46. The fourth-order valence-electron chi connectivity index (χ4n) is 2.70. The highest BCUT2D eigenvalue weighted by molar-refractivity contribution is 6.33. The zero-order valence-corrected chi connectivity index (χ0v) is 14.3. The second-order valence-corrected chi connectivity index (χ2v) is 5.87. The number of nitrogens with one attached hydrogen (secondary N) is 1. The molecule has 7 heteroatoms. The Balaban J connectivity index is 2.04. The highest BCUT2D eigenvalue weighted by atomic mass is 35.5. The summed E-state index contributed by atoms with van der Waals surface area (Å²) in [5, 5.41) is 3.49. The molecular formula is C18H16ClN3O3. The molecule has 3 rings (SSSR count). The molecule has 0 bridgehead atoms. The molecule has 6 nitrogen and oxygen atoms in total. The lowest BCUT2D eigenvalue weighted by Gasteiger charge is -2.13. The molecular weight excluding hydrogens is 342 g/mol. The maximum Gasteiger partial charge on any atom is 0.331 e. The summed E-state index contributed by atoms with van der Waals surface area (Å²) in [4.78, 5) is 37.4. The Labute approximate surface area is 148 Å². The smallest absolute Gasteiger partial charge is 0.323 e. The van der Waals surface area contributed by atoms with Crippen LogP contribution in [0.15, 0.2) is 58.1 Å². The lowest BCUT2D eigenvalue weighted by atomic mass is 10.2. The van der Waals surface area contributed by atoms with Crippen molar-refractivity contribution in [3.63, 3.8) is 0 Å². The third-order valence-electron chi connectivity index (χ3n) is 3.90. The average Bonchev–Trinajstić information content (AvgIpc) is 2.61. The first-order valence-corrected chi connectivity index (χ1v) is 8.17. The van der Waals surface area contributed by atoms with E-state index < -0.39 is 11.6 Å². The molecule has 0 fully saturated rings. The molecule has 0 atom stereocenters. The molecule has 0 unspecified atom stereocenters. The van der Waals surface area contributed by atoms with Crippen LogP contribution in [-0.2, 0) is 17.9 Å². The summed E-state index contributed by atoms with van der Waals surface area (Å²) in [5.41, 5.74) is 0.0261. The number of halogens is 1. The third-order valence-corrected chi connectivity index (χ3v) is 4.23. The largest absolute Gasteiger partial charge is 0.331 e. The van der Waals surface area contributed by atoms with Gasteiger partial charge in [-0.2, -0.15) is 0 Å². The van der Waals surface area contributed by atoms with Gasteiger partial charge in [-0.15, -0.1) is 0 Å². The summed E-state index contributed by atoms with van der Waals surface area (Å²) in [5.74, 6) is -0.401. The van der Waals surface area contributed by atoms with Crippen LogP contribution in [0.3, 0.4) is 0 Å². The molecule has 1 heterocycles. The van der Waals surface area contributed by atoms with Crippen LogP contribution < -0.4 is 16.6 Å². The second kappa shape index (κ2) is 6.94. The van der Waals surface area contributed by atoms with E-state index in [1.165, 1.54) is 4.57 Å². The predicted octanol–water partition coefficient (Wildman–Crippen LogP) is 2.48. The Morgan fingerprint density at radius 1 is 1.04 bits per heavy atom. The number of carbonyl (C=O) groups is 1. The number of para-hydroxylation sites is 2. The minimum Gasteiger partial charge on any atom is -0.323 e. The van der Waals surface area contributed by atoms with E-state index in [1.807, 2.05) is 0 Å². The fraction of sp³-hybridized carbons (Fsp3) is 0.167. The zero-order valence-electron chi connectivity index (χ0n) is 13.5. The molecule has 0 aliphatic rings. The van der Waals surface area contributed by atoms with E-state index in [1.54, 1.807) is 55.5 Å². The number of nitrogens with zero attached hydrogens (tertiary/aromatic N) is 2. The van der Waals surface area contributed by atoms with Gasteiger partial charge in [-0.1, -0.05) is 35.9 Å². The molecule has 0 spiro atoms. The summed E-state index contributed by atoms with van der Waals surface area (Å²) in [7, 11) is 0. The minimum absolute atomic E-state index is 0.217. The lowest BCUT2D eigenvalue weighted by molar-refractivity contribution is -0.116. The van der Waals surface area contributed by atoms with Gasteiger partial charge in [0.2, 0.25) is 5.91 Å². The molecule has 128 valence electrons. The van der Waals surface area contributed by atoms with Gasteiger partial charge in [-0.05, 0) is 31.2 Å². The Kier molecular flexibility index (Phi) is 4.72. The molecule has 0 saturated heterocycles. The Morgan fingerprint density at radius 2 is 1.72 bits per heavy atom. The standard InChI is InChI=1S/C18H16ClN3O3/c1-2-21-17(24)12-7-3-6-10-15(12)22(18(21)25)11-16(23)20-14-9-5-4-8-13(14)19/h3-10H,2,11H2,1H3,(H,20,23). The van der Waals surface area contributed by atoms with Gasteiger partial charge in [-0.25, -0.2) is 4.79 Å². The van der Waals surface area contributed by atoms with Crippen molar-refractivity contribution in [1.82, 2.24) is 9.13 Å². The van der Waals surface area contributed by atoms with Gasteiger partial charge < -0.3 is 5.32 Å². The number of amides is 1. The number of hydrogen-bond acceptors (Lipinski definition) is 3. The number of carbonyl (C=O) groups excluding carboxylic acids is 1. The molecule has 3 aromatic rings. The quantitative estimate of drug-likeness (QED) is 0.779. The predicted molar refractivity (Wildman–Crippen MR) is 98.2 cm³/mol. The maximum atomic E-state index is 12.6. The molecule has 1 amide bonds. The first kappa shape index (κ1) is 17.0. The van der Waals surface area contributed by atoms with E-state index in [0.717, 1.165) is 4.57 Å². The molecule has 1 aromatic heterocycles. The van der Waals surface area contributed by atoms with Gasteiger partial charge in [0, 0.05) is 6.54 Å². The Hall–Kier alpha value is -2.86. The van der Waals surface area contributed by atoms with Gasteiger partial charge in [-0.3, -0.25) is 18.7 Å². The summed E-state index contributed by atoms with van der Waals surface area (Å²) in [6.07, 6.45) is 0. The Morgan fingerprint density at radius 3 is 2.44 bits per heavy atom. The topological polar surface area (TPSA) is 73.1 Å². The number of benzene rings is 2. The van der Waals surface area contributed by atoms with E-state index in [0.29, 0.717) is 21.6 Å². The number of hydrogen-bond donors (Lipinski definition) is 1. The van der Waals surface area contributed by atoms with Crippen LogP contribution >= 0.6 is 11.6 Å². The maximum absolute atomic E-state index is 12.6. The summed E-state index contributed by atoms with van der Waals surface area (Å²) >= 11 is 6.04. The first-order chi connectivity index (χ1) is 12.0. The van der Waals surface area contributed by atoms with Crippen molar-refractivity contribution < 1.29 is 4.79 Å². The summed E-state index contributed by atoms with van der Waals surface area (Å²) < 4.78 is 2.41.